The number of rotatable bonds is 2. The number of hydrazine groups is 1. The number of hydrogen-bond acceptors (Lipinski definition) is 5. The Hall–Kier alpha value is -1.07. The molecule has 2 rings (SSSR count). The summed E-state index contributed by atoms with van der Waals surface area (Å²) < 4.78 is 10.6. The highest BCUT2D eigenvalue weighted by Crippen LogP contribution is 2.29. The first kappa shape index (κ1) is 11.4. The molecule has 2 atom stereocenters. The van der Waals surface area contributed by atoms with E-state index in [4.69, 9.17) is 9.47 Å². The van der Waals surface area contributed by atoms with Crippen LogP contribution in [0.1, 0.15) is 20.3 Å². The second kappa shape index (κ2) is 4.43. The Morgan fingerprint density at radius 1 is 1.69 bits per heavy atom. The molecule has 0 spiro atoms. The molecule has 0 saturated heterocycles. The van der Waals surface area contributed by atoms with Crippen molar-refractivity contribution in [2.75, 3.05) is 20.3 Å². The van der Waals surface area contributed by atoms with E-state index in [-0.39, 0.29) is 18.1 Å². The molecule has 0 fully saturated rings. The molecule has 16 heavy (non-hydrogen) atoms. The molecule has 0 aromatic carbocycles. The highest BCUT2D eigenvalue weighted by atomic mass is 16.5. The van der Waals surface area contributed by atoms with Crippen LogP contribution in [0.2, 0.25) is 0 Å². The lowest BCUT2D eigenvalue weighted by atomic mass is 9.98. The second-order valence-electron chi connectivity index (χ2n) is 4.21. The van der Waals surface area contributed by atoms with Gasteiger partial charge in [0.1, 0.15) is 6.04 Å². The van der Waals surface area contributed by atoms with Crippen molar-refractivity contribution in [3.05, 3.63) is 11.3 Å². The summed E-state index contributed by atoms with van der Waals surface area (Å²) in [5, 5.41) is 1.80. The fourth-order valence-corrected chi connectivity index (χ4v) is 2.22. The summed E-state index contributed by atoms with van der Waals surface area (Å²) in [6.45, 7) is 4.81. The van der Waals surface area contributed by atoms with Gasteiger partial charge < -0.3 is 14.9 Å². The average Bonchev–Trinajstić information content (AvgIpc) is 2.53. The van der Waals surface area contributed by atoms with E-state index >= 15 is 0 Å². The molecule has 0 radical (unpaired) electrons. The second-order valence-corrected chi connectivity index (χ2v) is 4.21. The minimum Gasteiger partial charge on any atom is -0.465 e. The molecule has 5 heteroatoms. The molecule has 2 aliphatic heterocycles. The van der Waals surface area contributed by atoms with Gasteiger partial charge in [0.2, 0.25) is 0 Å². The number of carbonyl (C=O) groups excluding carboxylic acids is 1. The van der Waals surface area contributed by atoms with Gasteiger partial charge in [-0.05, 0) is 25.8 Å². The number of likely N-dealkylation sites (N-methyl/N-ethyl adjacent to an activating group) is 1. The van der Waals surface area contributed by atoms with Gasteiger partial charge >= 0.3 is 5.97 Å². The van der Waals surface area contributed by atoms with E-state index in [0.717, 1.165) is 17.7 Å². The van der Waals surface area contributed by atoms with Gasteiger partial charge in [-0.3, -0.25) is 0 Å². The van der Waals surface area contributed by atoms with Crippen LogP contribution in [0.3, 0.4) is 0 Å². The number of esters is 1. The molecule has 2 unspecified atom stereocenters. The minimum atomic E-state index is -0.290. The number of nitrogens with zero attached hydrogens (tertiary/aromatic N) is 1. The smallest absolute Gasteiger partial charge is 0.329 e. The SMILES string of the molecule is CCOC(=O)C1C2=C(COC(C)C2)NN1C. The summed E-state index contributed by atoms with van der Waals surface area (Å²) in [4.78, 5) is 11.8. The Morgan fingerprint density at radius 3 is 3.12 bits per heavy atom. The predicted octanol–water partition coefficient (Wildman–Crippen LogP) is 0.431. The first-order valence-corrected chi connectivity index (χ1v) is 5.63. The normalized spacial score (nSPS) is 29.9. The van der Waals surface area contributed by atoms with Crippen LogP contribution >= 0.6 is 0 Å². The summed E-state index contributed by atoms with van der Waals surface area (Å²) in [6, 6.07) is -0.290. The highest BCUT2D eigenvalue weighted by molar-refractivity contribution is 5.80. The van der Waals surface area contributed by atoms with Gasteiger partial charge in [-0.2, -0.15) is 0 Å². The van der Waals surface area contributed by atoms with E-state index in [1.165, 1.54) is 0 Å². The lowest BCUT2D eigenvalue weighted by Crippen LogP contribution is -2.41. The van der Waals surface area contributed by atoms with Crippen LogP contribution in [0.5, 0.6) is 0 Å². The third-order valence-electron chi connectivity index (χ3n) is 2.95. The van der Waals surface area contributed by atoms with Gasteiger partial charge in [-0.1, -0.05) is 0 Å². The van der Waals surface area contributed by atoms with Crippen LogP contribution in [0, 0.1) is 0 Å². The van der Waals surface area contributed by atoms with Gasteiger partial charge in [-0.15, -0.1) is 0 Å². The fraction of sp³-hybridized carbons (Fsp3) is 0.727. The van der Waals surface area contributed by atoms with Gasteiger partial charge in [0.15, 0.2) is 0 Å². The predicted molar refractivity (Wildman–Crippen MR) is 58.4 cm³/mol. The fourth-order valence-electron chi connectivity index (χ4n) is 2.22. The lowest BCUT2D eigenvalue weighted by molar-refractivity contribution is -0.147. The minimum absolute atomic E-state index is 0.170. The molecule has 0 saturated carbocycles. The van der Waals surface area contributed by atoms with E-state index in [9.17, 15) is 4.79 Å². The van der Waals surface area contributed by atoms with Crippen molar-refractivity contribution in [2.24, 2.45) is 0 Å². The highest BCUT2D eigenvalue weighted by Gasteiger charge is 2.39. The number of nitrogens with one attached hydrogen (secondary N) is 1. The van der Waals surface area contributed by atoms with Crippen molar-refractivity contribution >= 4 is 5.97 Å². The molecule has 2 aliphatic rings. The molecule has 0 bridgehead atoms. The van der Waals surface area contributed by atoms with Crippen molar-refractivity contribution in [3.8, 4) is 0 Å². The standard InChI is InChI=1S/C11H18N2O3/c1-4-15-11(14)10-8-5-7(2)16-6-9(8)12-13(10)3/h7,10,12H,4-6H2,1-3H3. The van der Waals surface area contributed by atoms with Crippen molar-refractivity contribution in [1.82, 2.24) is 10.4 Å². The molecule has 2 heterocycles. The topological polar surface area (TPSA) is 50.8 Å². The Bertz CT molecular complexity index is 327. The lowest BCUT2D eigenvalue weighted by Gasteiger charge is -2.23. The van der Waals surface area contributed by atoms with Crippen LogP contribution in [-0.4, -0.2) is 43.4 Å². The maximum atomic E-state index is 11.8. The Balaban J connectivity index is 2.17. The monoisotopic (exact) mass is 226 g/mol. The summed E-state index contributed by atoms with van der Waals surface area (Å²) >= 11 is 0. The van der Waals surface area contributed by atoms with Crippen LogP contribution in [0.15, 0.2) is 11.3 Å². The third-order valence-corrected chi connectivity index (χ3v) is 2.95. The van der Waals surface area contributed by atoms with E-state index in [1.807, 2.05) is 20.9 Å². The van der Waals surface area contributed by atoms with Crippen molar-refractivity contribution in [2.45, 2.75) is 32.4 Å². The van der Waals surface area contributed by atoms with Gasteiger partial charge in [0.05, 0.1) is 25.0 Å². The molecule has 90 valence electrons. The summed E-state index contributed by atoms with van der Waals surface area (Å²) in [7, 11) is 1.85. The zero-order valence-corrected chi connectivity index (χ0v) is 9.95. The average molecular weight is 226 g/mol. The van der Waals surface area contributed by atoms with E-state index in [2.05, 4.69) is 5.43 Å². The molecular weight excluding hydrogens is 208 g/mol. The molecule has 0 aromatic rings. The van der Waals surface area contributed by atoms with E-state index in [0.29, 0.717) is 13.2 Å². The molecule has 5 nitrogen and oxygen atoms in total. The van der Waals surface area contributed by atoms with Crippen LogP contribution in [0.4, 0.5) is 0 Å². The summed E-state index contributed by atoms with van der Waals surface area (Å²) in [6.07, 6.45) is 0.958. The zero-order chi connectivity index (χ0) is 11.7. The van der Waals surface area contributed by atoms with Crippen molar-refractivity contribution < 1.29 is 14.3 Å². The molecule has 0 aromatic heterocycles. The summed E-state index contributed by atoms with van der Waals surface area (Å²) in [5.74, 6) is -0.184. The van der Waals surface area contributed by atoms with E-state index in [1.54, 1.807) is 5.01 Å². The number of ether oxygens (including phenoxy) is 2. The number of carbonyl (C=O) groups is 1. The Labute approximate surface area is 95.4 Å². The largest absolute Gasteiger partial charge is 0.465 e. The molecule has 1 N–H and O–H groups in total. The van der Waals surface area contributed by atoms with E-state index < -0.39 is 0 Å². The van der Waals surface area contributed by atoms with Crippen molar-refractivity contribution in [1.29, 1.82) is 0 Å². The maximum absolute atomic E-state index is 11.8. The quantitative estimate of drug-likeness (QED) is 0.692. The molecular formula is C11H18N2O3. The van der Waals surface area contributed by atoms with Gasteiger partial charge in [0.25, 0.3) is 0 Å². The first-order valence-electron chi connectivity index (χ1n) is 5.63. The molecule has 0 aliphatic carbocycles. The van der Waals surface area contributed by atoms with Crippen LogP contribution < -0.4 is 5.43 Å². The van der Waals surface area contributed by atoms with Gasteiger partial charge in [0, 0.05) is 7.05 Å². The first-order chi connectivity index (χ1) is 7.63. The van der Waals surface area contributed by atoms with Crippen molar-refractivity contribution in [3.63, 3.8) is 0 Å². The molecule has 0 amide bonds. The zero-order valence-electron chi connectivity index (χ0n) is 9.95. The summed E-state index contributed by atoms with van der Waals surface area (Å²) in [5.41, 5.74) is 5.28. The Kier molecular flexibility index (Phi) is 3.16. The van der Waals surface area contributed by atoms with Crippen LogP contribution in [0.25, 0.3) is 0 Å². The Morgan fingerprint density at radius 2 is 2.44 bits per heavy atom. The van der Waals surface area contributed by atoms with Crippen LogP contribution in [-0.2, 0) is 14.3 Å². The third kappa shape index (κ3) is 1.92. The number of hydrogen-bond donors (Lipinski definition) is 1. The van der Waals surface area contributed by atoms with Gasteiger partial charge in [-0.25, -0.2) is 9.80 Å². The maximum Gasteiger partial charge on any atom is 0.329 e.